The topological polar surface area (TPSA) is 62.3 Å². The number of ether oxygens (including phenoxy) is 1. The maximum absolute atomic E-state index is 11.0. The van der Waals surface area contributed by atoms with Crippen molar-refractivity contribution < 1.29 is 14.6 Å². The van der Waals surface area contributed by atoms with E-state index in [1.807, 2.05) is 6.07 Å². The molecule has 0 spiro atoms. The average molecular weight is 270 g/mol. The molecule has 2 rings (SSSR count). The van der Waals surface area contributed by atoms with Gasteiger partial charge >= 0.3 is 5.97 Å². The molecule has 0 aliphatic heterocycles. The number of carbonyl (C=O) groups is 1. The van der Waals surface area contributed by atoms with Gasteiger partial charge in [-0.2, -0.15) is 0 Å². The smallest absolute Gasteiger partial charge is 0.338 e. The van der Waals surface area contributed by atoms with Gasteiger partial charge in [0.15, 0.2) is 0 Å². The van der Waals surface area contributed by atoms with Gasteiger partial charge in [0.1, 0.15) is 5.75 Å². The third-order valence-electron chi connectivity index (χ3n) is 2.19. The Bertz CT molecular complexity index is 533. The van der Waals surface area contributed by atoms with E-state index in [1.165, 1.54) is 13.3 Å². The third-order valence-corrected chi connectivity index (χ3v) is 2.81. The van der Waals surface area contributed by atoms with E-state index in [-0.39, 0.29) is 5.56 Å². The molecule has 0 saturated carbocycles. The molecule has 0 radical (unpaired) electrons. The Labute approximate surface area is 94.0 Å². The third kappa shape index (κ3) is 1.48. The number of rotatable bonds is 2. The summed E-state index contributed by atoms with van der Waals surface area (Å²) in [6.45, 7) is 0. The highest BCUT2D eigenvalue weighted by Gasteiger charge is 2.16. The van der Waals surface area contributed by atoms with Crippen LogP contribution in [0.5, 0.6) is 5.75 Å². The van der Waals surface area contributed by atoms with Gasteiger partial charge in [-0.3, -0.25) is 0 Å². The number of aromatic nitrogens is 1. The molecule has 0 atom stereocenters. The first-order valence-corrected chi connectivity index (χ1v) is 5.01. The van der Waals surface area contributed by atoms with Crippen LogP contribution in [0.1, 0.15) is 10.4 Å². The van der Waals surface area contributed by atoms with Gasteiger partial charge in [0.25, 0.3) is 0 Å². The Morgan fingerprint density at radius 3 is 2.87 bits per heavy atom. The molecule has 0 aliphatic rings. The van der Waals surface area contributed by atoms with E-state index in [9.17, 15) is 4.79 Å². The van der Waals surface area contributed by atoms with Crippen LogP contribution in [-0.2, 0) is 0 Å². The number of fused-ring (bicyclic) bond motifs is 1. The zero-order valence-corrected chi connectivity index (χ0v) is 9.46. The van der Waals surface area contributed by atoms with E-state index < -0.39 is 5.97 Å². The highest BCUT2D eigenvalue weighted by molar-refractivity contribution is 9.10. The van der Waals surface area contributed by atoms with Crippen molar-refractivity contribution in [2.24, 2.45) is 0 Å². The van der Waals surface area contributed by atoms with E-state index in [0.717, 1.165) is 9.99 Å². The van der Waals surface area contributed by atoms with Gasteiger partial charge in [-0.05, 0) is 28.1 Å². The molecular weight excluding hydrogens is 262 g/mol. The van der Waals surface area contributed by atoms with Crippen molar-refractivity contribution in [3.05, 3.63) is 28.4 Å². The number of H-pyrrole nitrogens is 1. The van der Waals surface area contributed by atoms with E-state index in [2.05, 4.69) is 20.9 Å². The number of hydrogen-bond donors (Lipinski definition) is 2. The van der Waals surface area contributed by atoms with Crippen LogP contribution in [0.3, 0.4) is 0 Å². The summed E-state index contributed by atoms with van der Waals surface area (Å²) in [6, 6.07) is 3.61. The Kier molecular flexibility index (Phi) is 2.40. The second-order valence-electron chi connectivity index (χ2n) is 3.01. The van der Waals surface area contributed by atoms with Crippen molar-refractivity contribution in [3.8, 4) is 5.75 Å². The van der Waals surface area contributed by atoms with Gasteiger partial charge in [-0.1, -0.05) is 0 Å². The lowest BCUT2D eigenvalue weighted by Crippen LogP contribution is -1.95. The SMILES string of the molecule is COc1c(Br)ccc2[nH]cc(C(=O)O)c12. The van der Waals surface area contributed by atoms with Crippen LogP contribution < -0.4 is 4.74 Å². The zero-order chi connectivity index (χ0) is 11.0. The number of nitrogens with one attached hydrogen (secondary N) is 1. The van der Waals surface area contributed by atoms with Crippen LogP contribution >= 0.6 is 15.9 Å². The first-order valence-electron chi connectivity index (χ1n) is 4.22. The second kappa shape index (κ2) is 3.58. The van der Waals surface area contributed by atoms with Crippen molar-refractivity contribution in [1.82, 2.24) is 4.98 Å². The lowest BCUT2D eigenvalue weighted by Gasteiger charge is -2.05. The van der Waals surface area contributed by atoms with Gasteiger partial charge in [-0.15, -0.1) is 0 Å². The molecule has 2 N–H and O–H groups in total. The highest BCUT2D eigenvalue weighted by atomic mass is 79.9. The quantitative estimate of drug-likeness (QED) is 0.881. The molecule has 4 nitrogen and oxygen atoms in total. The van der Waals surface area contributed by atoms with Crippen molar-refractivity contribution in [3.63, 3.8) is 0 Å². The molecule has 0 saturated heterocycles. The maximum atomic E-state index is 11.0. The van der Waals surface area contributed by atoms with Crippen molar-refractivity contribution in [1.29, 1.82) is 0 Å². The van der Waals surface area contributed by atoms with Crippen LogP contribution in [0.4, 0.5) is 0 Å². The number of carboxylic acid groups (broad SMARTS) is 1. The standard InChI is InChI=1S/C10H8BrNO3/c1-15-9-6(11)2-3-7-8(9)5(4-12-7)10(13)14/h2-4,12H,1H3,(H,13,14). The van der Waals surface area contributed by atoms with E-state index >= 15 is 0 Å². The Morgan fingerprint density at radius 1 is 1.53 bits per heavy atom. The Balaban J connectivity index is 2.86. The number of halogens is 1. The lowest BCUT2D eigenvalue weighted by molar-refractivity contribution is 0.0699. The molecule has 0 fully saturated rings. The normalized spacial score (nSPS) is 10.5. The molecule has 0 bridgehead atoms. The Morgan fingerprint density at radius 2 is 2.27 bits per heavy atom. The van der Waals surface area contributed by atoms with Crippen LogP contribution in [0, 0.1) is 0 Å². The monoisotopic (exact) mass is 269 g/mol. The summed E-state index contributed by atoms with van der Waals surface area (Å²) in [6.07, 6.45) is 1.46. The molecule has 0 unspecified atom stereocenters. The summed E-state index contributed by atoms with van der Waals surface area (Å²) in [5.41, 5.74) is 0.954. The zero-order valence-electron chi connectivity index (χ0n) is 7.87. The number of carboxylic acids is 1. The minimum Gasteiger partial charge on any atom is -0.495 e. The summed E-state index contributed by atoms with van der Waals surface area (Å²) in [5, 5.41) is 9.57. The molecule has 5 heteroatoms. The average Bonchev–Trinajstić information content (AvgIpc) is 2.61. The lowest BCUT2D eigenvalue weighted by atomic mass is 10.1. The first kappa shape index (κ1) is 10.0. The number of benzene rings is 1. The minimum absolute atomic E-state index is 0.211. The highest BCUT2D eigenvalue weighted by Crippen LogP contribution is 2.35. The fourth-order valence-electron chi connectivity index (χ4n) is 1.54. The number of aromatic carboxylic acids is 1. The molecular formula is C10H8BrNO3. The molecule has 1 heterocycles. The maximum Gasteiger partial charge on any atom is 0.338 e. The summed E-state index contributed by atoms with van der Waals surface area (Å²) in [7, 11) is 1.51. The first-order chi connectivity index (χ1) is 7.15. The van der Waals surface area contributed by atoms with Gasteiger partial charge in [0.2, 0.25) is 0 Å². The molecule has 0 aliphatic carbocycles. The fourth-order valence-corrected chi connectivity index (χ4v) is 2.03. The van der Waals surface area contributed by atoms with Crippen LogP contribution in [0.25, 0.3) is 10.9 Å². The van der Waals surface area contributed by atoms with Gasteiger partial charge in [-0.25, -0.2) is 4.79 Å². The molecule has 2 aromatic rings. The minimum atomic E-state index is -0.974. The van der Waals surface area contributed by atoms with Gasteiger partial charge in [0.05, 0.1) is 28.0 Å². The molecule has 1 aromatic carbocycles. The number of aromatic amines is 1. The predicted molar refractivity (Wildman–Crippen MR) is 59.5 cm³/mol. The Hall–Kier alpha value is -1.49. The predicted octanol–water partition coefficient (Wildman–Crippen LogP) is 2.64. The van der Waals surface area contributed by atoms with E-state index in [4.69, 9.17) is 9.84 Å². The van der Waals surface area contributed by atoms with Crippen molar-refractivity contribution in [2.45, 2.75) is 0 Å². The van der Waals surface area contributed by atoms with Crippen LogP contribution in [0.15, 0.2) is 22.8 Å². The summed E-state index contributed by atoms with van der Waals surface area (Å²) >= 11 is 3.31. The second-order valence-corrected chi connectivity index (χ2v) is 3.87. The summed E-state index contributed by atoms with van der Waals surface area (Å²) < 4.78 is 5.91. The van der Waals surface area contributed by atoms with Gasteiger partial charge in [0, 0.05) is 6.20 Å². The van der Waals surface area contributed by atoms with Crippen molar-refractivity contribution in [2.75, 3.05) is 7.11 Å². The molecule has 78 valence electrons. The van der Waals surface area contributed by atoms with Crippen LogP contribution in [-0.4, -0.2) is 23.2 Å². The van der Waals surface area contributed by atoms with E-state index in [1.54, 1.807) is 6.07 Å². The molecule has 0 amide bonds. The van der Waals surface area contributed by atoms with Crippen LogP contribution in [0.2, 0.25) is 0 Å². The van der Waals surface area contributed by atoms with E-state index in [0.29, 0.717) is 11.1 Å². The summed E-state index contributed by atoms with van der Waals surface area (Å²) in [4.78, 5) is 13.9. The molecule has 1 aromatic heterocycles. The largest absolute Gasteiger partial charge is 0.495 e. The summed E-state index contributed by atoms with van der Waals surface area (Å²) in [5.74, 6) is -0.441. The fraction of sp³-hybridized carbons (Fsp3) is 0.100. The number of hydrogen-bond acceptors (Lipinski definition) is 2. The van der Waals surface area contributed by atoms with Crippen molar-refractivity contribution >= 4 is 32.8 Å². The number of methoxy groups -OCH3 is 1. The van der Waals surface area contributed by atoms with Gasteiger partial charge < -0.3 is 14.8 Å². The molecule has 15 heavy (non-hydrogen) atoms.